The zero-order chi connectivity index (χ0) is 19.1. The number of likely N-dealkylation sites (N-methyl/N-ethyl adjacent to an activating group) is 1. The molecule has 26 heavy (non-hydrogen) atoms. The van der Waals surface area contributed by atoms with Crippen molar-refractivity contribution in [2.75, 3.05) is 33.1 Å². The van der Waals surface area contributed by atoms with Crippen LogP contribution in [0.3, 0.4) is 0 Å². The second-order valence-electron chi connectivity index (χ2n) is 6.13. The molecule has 6 nitrogen and oxygen atoms in total. The maximum absolute atomic E-state index is 12.2. The molecule has 0 spiro atoms. The summed E-state index contributed by atoms with van der Waals surface area (Å²) < 4.78 is 10.7. The molecule has 0 aliphatic heterocycles. The first-order valence-electron chi connectivity index (χ1n) is 8.25. The highest BCUT2D eigenvalue weighted by Crippen LogP contribution is 2.20. The van der Waals surface area contributed by atoms with Crippen LogP contribution in [0.15, 0.2) is 42.5 Å². The Kier molecular flexibility index (Phi) is 6.60. The molecule has 2 rings (SSSR count). The van der Waals surface area contributed by atoms with E-state index < -0.39 is 0 Å². The molecule has 0 radical (unpaired) electrons. The fraction of sp³-hybridized carbons (Fsp3) is 0.300. The van der Waals surface area contributed by atoms with Crippen molar-refractivity contribution in [3.63, 3.8) is 0 Å². The Balaban J connectivity index is 1.90. The molecular formula is C20H24N2O4. The lowest BCUT2D eigenvalue weighted by atomic mass is 10.1. The van der Waals surface area contributed by atoms with Crippen LogP contribution < -0.4 is 14.8 Å². The van der Waals surface area contributed by atoms with E-state index in [1.54, 1.807) is 45.5 Å². The Hall–Kier alpha value is -3.02. The topological polar surface area (TPSA) is 67.9 Å². The molecule has 0 atom stereocenters. The molecule has 0 aliphatic carbocycles. The van der Waals surface area contributed by atoms with Gasteiger partial charge in [0.1, 0.15) is 11.5 Å². The Morgan fingerprint density at radius 2 is 1.77 bits per heavy atom. The van der Waals surface area contributed by atoms with Crippen LogP contribution in [0, 0.1) is 6.92 Å². The largest absolute Gasteiger partial charge is 0.496 e. The van der Waals surface area contributed by atoms with E-state index in [4.69, 9.17) is 9.47 Å². The predicted molar refractivity (Wildman–Crippen MR) is 101 cm³/mol. The fourth-order valence-corrected chi connectivity index (χ4v) is 2.27. The van der Waals surface area contributed by atoms with Crippen LogP contribution >= 0.6 is 0 Å². The summed E-state index contributed by atoms with van der Waals surface area (Å²) in [6.07, 6.45) is 0.256. The summed E-state index contributed by atoms with van der Waals surface area (Å²) in [7, 11) is 4.96. The molecule has 2 aromatic rings. The first kappa shape index (κ1) is 19.3. The van der Waals surface area contributed by atoms with E-state index in [0.717, 1.165) is 16.9 Å². The van der Waals surface area contributed by atoms with Crippen molar-refractivity contribution in [3.05, 3.63) is 53.6 Å². The molecule has 0 unspecified atom stereocenters. The monoisotopic (exact) mass is 356 g/mol. The number of hydrogen-bond donors (Lipinski definition) is 1. The van der Waals surface area contributed by atoms with Gasteiger partial charge < -0.3 is 19.7 Å². The molecule has 1 N–H and O–H groups in total. The van der Waals surface area contributed by atoms with Crippen LogP contribution in [-0.2, 0) is 16.0 Å². The van der Waals surface area contributed by atoms with Gasteiger partial charge in [-0.3, -0.25) is 9.59 Å². The third-order valence-electron chi connectivity index (χ3n) is 3.84. The van der Waals surface area contributed by atoms with Gasteiger partial charge in [0.15, 0.2) is 6.61 Å². The Labute approximate surface area is 153 Å². The van der Waals surface area contributed by atoms with Crippen LogP contribution in [0.5, 0.6) is 11.5 Å². The molecular weight excluding hydrogens is 332 g/mol. The number of carbonyl (C=O) groups excluding carboxylic acids is 2. The summed E-state index contributed by atoms with van der Waals surface area (Å²) in [5.41, 5.74) is 2.58. The van der Waals surface area contributed by atoms with Crippen LogP contribution in [-0.4, -0.2) is 44.5 Å². The number of carbonyl (C=O) groups is 2. The van der Waals surface area contributed by atoms with E-state index in [1.807, 2.05) is 25.1 Å². The number of anilines is 1. The molecule has 0 saturated carbocycles. The van der Waals surface area contributed by atoms with Crippen LogP contribution in [0.1, 0.15) is 11.1 Å². The second kappa shape index (κ2) is 8.89. The van der Waals surface area contributed by atoms with Gasteiger partial charge in [0.2, 0.25) is 5.91 Å². The van der Waals surface area contributed by atoms with Gasteiger partial charge in [-0.05, 0) is 48.4 Å². The first-order valence-corrected chi connectivity index (χ1v) is 8.25. The van der Waals surface area contributed by atoms with Gasteiger partial charge in [0, 0.05) is 19.8 Å². The van der Waals surface area contributed by atoms with Gasteiger partial charge in [0.25, 0.3) is 5.91 Å². The number of ether oxygens (including phenoxy) is 2. The first-order chi connectivity index (χ1) is 12.4. The number of benzene rings is 2. The molecule has 0 saturated heterocycles. The number of methoxy groups -OCH3 is 1. The van der Waals surface area contributed by atoms with Crippen LogP contribution in [0.25, 0.3) is 0 Å². The standard InChI is InChI=1S/C20H24N2O4/c1-14-5-6-15(11-18(14)25-4)12-19(23)21-16-7-9-17(10-8-16)26-13-20(24)22(2)3/h5-11H,12-13H2,1-4H3,(H,21,23). The number of aryl methyl sites for hydroxylation is 1. The van der Waals surface area contributed by atoms with E-state index in [0.29, 0.717) is 11.4 Å². The van der Waals surface area contributed by atoms with Gasteiger partial charge in [-0.25, -0.2) is 0 Å². The molecule has 6 heteroatoms. The highest BCUT2D eigenvalue weighted by molar-refractivity contribution is 5.92. The zero-order valence-electron chi connectivity index (χ0n) is 15.5. The molecule has 0 heterocycles. The van der Waals surface area contributed by atoms with Crippen molar-refractivity contribution >= 4 is 17.5 Å². The van der Waals surface area contributed by atoms with Gasteiger partial charge in [-0.1, -0.05) is 12.1 Å². The van der Waals surface area contributed by atoms with E-state index in [2.05, 4.69) is 5.32 Å². The highest BCUT2D eigenvalue weighted by atomic mass is 16.5. The van der Waals surface area contributed by atoms with Crippen LogP contribution in [0.2, 0.25) is 0 Å². The average Bonchev–Trinajstić information content (AvgIpc) is 2.62. The second-order valence-corrected chi connectivity index (χ2v) is 6.13. The van der Waals surface area contributed by atoms with Crippen molar-refractivity contribution in [2.24, 2.45) is 0 Å². The normalized spacial score (nSPS) is 10.2. The van der Waals surface area contributed by atoms with Crippen LogP contribution in [0.4, 0.5) is 5.69 Å². The molecule has 0 aliphatic rings. The predicted octanol–water partition coefficient (Wildman–Crippen LogP) is 2.65. The zero-order valence-corrected chi connectivity index (χ0v) is 15.5. The van der Waals surface area contributed by atoms with Crippen molar-refractivity contribution in [2.45, 2.75) is 13.3 Å². The summed E-state index contributed by atoms with van der Waals surface area (Å²) in [5.74, 6) is 1.11. The van der Waals surface area contributed by atoms with Crippen molar-refractivity contribution in [1.29, 1.82) is 0 Å². The quantitative estimate of drug-likeness (QED) is 0.828. The molecule has 0 aromatic heterocycles. The van der Waals surface area contributed by atoms with E-state index in [-0.39, 0.29) is 24.8 Å². The van der Waals surface area contributed by atoms with Gasteiger partial charge in [-0.2, -0.15) is 0 Å². The molecule has 0 bridgehead atoms. The van der Waals surface area contributed by atoms with Crippen molar-refractivity contribution < 1.29 is 19.1 Å². The van der Waals surface area contributed by atoms with Gasteiger partial charge in [0.05, 0.1) is 13.5 Å². The fourth-order valence-electron chi connectivity index (χ4n) is 2.27. The van der Waals surface area contributed by atoms with Crippen molar-refractivity contribution in [3.8, 4) is 11.5 Å². The molecule has 2 aromatic carbocycles. The summed E-state index contributed by atoms with van der Waals surface area (Å²) in [4.78, 5) is 25.2. The maximum atomic E-state index is 12.2. The van der Waals surface area contributed by atoms with Gasteiger partial charge >= 0.3 is 0 Å². The lowest BCUT2D eigenvalue weighted by Gasteiger charge is -2.12. The van der Waals surface area contributed by atoms with E-state index in [9.17, 15) is 9.59 Å². The minimum absolute atomic E-state index is 0.0199. The third kappa shape index (κ3) is 5.51. The number of nitrogens with one attached hydrogen (secondary N) is 1. The molecule has 2 amide bonds. The minimum atomic E-state index is -0.118. The average molecular weight is 356 g/mol. The lowest BCUT2D eigenvalue weighted by Crippen LogP contribution is -2.27. The Morgan fingerprint density at radius 1 is 1.08 bits per heavy atom. The molecule has 0 fully saturated rings. The minimum Gasteiger partial charge on any atom is -0.496 e. The summed E-state index contributed by atoms with van der Waals surface area (Å²) in [5, 5.41) is 2.84. The van der Waals surface area contributed by atoms with Gasteiger partial charge in [-0.15, -0.1) is 0 Å². The van der Waals surface area contributed by atoms with Crippen molar-refractivity contribution in [1.82, 2.24) is 4.90 Å². The SMILES string of the molecule is COc1cc(CC(=O)Nc2ccc(OCC(=O)N(C)C)cc2)ccc1C. The Bertz CT molecular complexity index is 770. The number of hydrogen-bond acceptors (Lipinski definition) is 4. The van der Waals surface area contributed by atoms with E-state index >= 15 is 0 Å². The smallest absolute Gasteiger partial charge is 0.259 e. The highest BCUT2D eigenvalue weighted by Gasteiger charge is 2.08. The summed E-state index contributed by atoms with van der Waals surface area (Å²) in [6, 6.07) is 12.6. The number of rotatable bonds is 7. The lowest BCUT2D eigenvalue weighted by molar-refractivity contribution is -0.130. The Morgan fingerprint density at radius 3 is 2.38 bits per heavy atom. The summed E-state index contributed by atoms with van der Waals surface area (Å²) in [6.45, 7) is 1.94. The van der Waals surface area contributed by atoms with E-state index in [1.165, 1.54) is 4.90 Å². The summed E-state index contributed by atoms with van der Waals surface area (Å²) >= 11 is 0. The number of amides is 2. The number of nitrogens with zero attached hydrogens (tertiary/aromatic N) is 1. The third-order valence-corrected chi connectivity index (χ3v) is 3.84. The maximum Gasteiger partial charge on any atom is 0.259 e. The molecule has 138 valence electrons.